The van der Waals surface area contributed by atoms with Crippen molar-refractivity contribution < 1.29 is 27.5 Å². The summed E-state index contributed by atoms with van der Waals surface area (Å²) in [5.74, 6) is -0.0131. The van der Waals surface area contributed by atoms with Crippen LogP contribution >= 0.6 is 0 Å². The number of carbonyl (C=O) groups excluding carboxylic acids is 2. The molecular formula is C24H29F3N4O3. The largest absolute Gasteiger partial charge is 0.496 e. The zero-order valence-electron chi connectivity index (χ0n) is 19.0. The number of piperidine rings is 1. The minimum absolute atomic E-state index is 0.000147. The number of alkyl halides is 3. The van der Waals surface area contributed by atoms with E-state index in [1.54, 1.807) is 0 Å². The number of anilines is 2. The number of ether oxygens (including phenoxy) is 1. The lowest BCUT2D eigenvalue weighted by Gasteiger charge is -2.26. The highest BCUT2D eigenvalue weighted by Crippen LogP contribution is 2.30. The van der Waals surface area contributed by atoms with Gasteiger partial charge in [0.05, 0.1) is 18.2 Å². The summed E-state index contributed by atoms with van der Waals surface area (Å²) in [6, 6.07) is 8.14. The van der Waals surface area contributed by atoms with Crippen molar-refractivity contribution >= 4 is 23.3 Å². The summed E-state index contributed by atoms with van der Waals surface area (Å²) in [6.07, 6.45) is 0.0729. The van der Waals surface area contributed by atoms with Gasteiger partial charge in [0.1, 0.15) is 5.75 Å². The molecule has 3 amide bonds. The van der Waals surface area contributed by atoms with Gasteiger partial charge in [-0.1, -0.05) is 12.5 Å². The fourth-order valence-electron chi connectivity index (χ4n) is 3.81. The number of hydrogen-bond acceptors (Lipinski definition) is 4. The van der Waals surface area contributed by atoms with Crippen molar-refractivity contribution in [3.63, 3.8) is 0 Å². The summed E-state index contributed by atoms with van der Waals surface area (Å²) in [7, 11) is 1.41. The number of nitrogens with zero attached hydrogens (tertiary/aromatic N) is 1. The highest BCUT2D eigenvalue weighted by Gasteiger charge is 2.30. The van der Waals surface area contributed by atoms with E-state index in [-0.39, 0.29) is 17.3 Å². The number of likely N-dealkylation sites (tertiary alicyclic amines) is 1. The summed E-state index contributed by atoms with van der Waals surface area (Å²) < 4.78 is 43.8. The third kappa shape index (κ3) is 7.38. The molecule has 0 radical (unpaired) electrons. The van der Waals surface area contributed by atoms with Crippen molar-refractivity contribution in [2.75, 3.05) is 43.9 Å². The SMILES string of the molecule is COc1cc(NC(=O)Nc2cccc(C(F)(F)F)c2)ccc1C(=O)NCCCN1CCCCC1. The first-order valence-corrected chi connectivity index (χ1v) is 11.2. The molecule has 1 heterocycles. The monoisotopic (exact) mass is 478 g/mol. The Balaban J connectivity index is 1.53. The molecule has 1 aliphatic heterocycles. The molecule has 3 rings (SSSR count). The summed E-state index contributed by atoms with van der Waals surface area (Å²) in [4.78, 5) is 27.2. The summed E-state index contributed by atoms with van der Waals surface area (Å²) in [5.41, 5.74) is -0.217. The summed E-state index contributed by atoms with van der Waals surface area (Å²) in [5, 5.41) is 7.78. The summed E-state index contributed by atoms with van der Waals surface area (Å²) in [6.45, 7) is 3.70. The van der Waals surface area contributed by atoms with E-state index in [2.05, 4.69) is 20.9 Å². The maximum Gasteiger partial charge on any atom is 0.416 e. The molecule has 1 aliphatic rings. The smallest absolute Gasteiger partial charge is 0.416 e. The Bertz CT molecular complexity index is 992. The van der Waals surface area contributed by atoms with Crippen LogP contribution in [0.15, 0.2) is 42.5 Å². The Labute approximate surface area is 196 Å². The predicted octanol–water partition coefficient (Wildman–Crippen LogP) is 4.96. The topological polar surface area (TPSA) is 82.7 Å². The van der Waals surface area contributed by atoms with E-state index in [0.29, 0.717) is 17.8 Å². The Kier molecular flexibility index (Phi) is 8.75. The van der Waals surface area contributed by atoms with Gasteiger partial charge in [-0.3, -0.25) is 4.79 Å². The Hall–Kier alpha value is -3.27. The van der Waals surface area contributed by atoms with E-state index in [9.17, 15) is 22.8 Å². The van der Waals surface area contributed by atoms with E-state index in [1.165, 1.54) is 56.7 Å². The van der Waals surface area contributed by atoms with Crippen LogP contribution in [0.3, 0.4) is 0 Å². The quantitative estimate of drug-likeness (QED) is 0.468. The molecule has 1 saturated heterocycles. The average Bonchev–Trinajstić information content (AvgIpc) is 2.82. The number of methoxy groups -OCH3 is 1. The molecule has 3 N–H and O–H groups in total. The third-order valence-electron chi connectivity index (χ3n) is 5.54. The normalized spacial score (nSPS) is 14.4. The van der Waals surface area contributed by atoms with Crippen molar-refractivity contribution in [2.24, 2.45) is 0 Å². The molecule has 0 spiro atoms. The highest BCUT2D eigenvalue weighted by atomic mass is 19.4. The van der Waals surface area contributed by atoms with Gasteiger partial charge in [-0.05, 0) is 69.2 Å². The maximum atomic E-state index is 12.8. The molecule has 2 aromatic rings. The van der Waals surface area contributed by atoms with Crippen LogP contribution in [0, 0.1) is 0 Å². The van der Waals surface area contributed by atoms with Gasteiger partial charge in [-0.15, -0.1) is 0 Å². The molecule has 184 valence electrons. The first-order chi connectivity index (χ1) is 16.3. The number of hydrogen-bond donors (Lipinski definition) is 3. The second-order valence-corrected chi connectivity index (χ2v) is 8.08. The minimum Gasteiger partial charge on any atom is -0.496 e. The number of benzene rings is 2. The van der Waals surface area contributed by atoms with Crippen LogP contribution in [0.25, 0.3) is 0 Å². The lowest BCUT2D eigenvalue weighted by molar-refractivity contribution is -0.137. The van der Waals surface area contributed by atoms with Crippen molar-refractivity contribution in [1.29, 1.82) is 0 Å². The van der Waals surface area contributed by atoms with E-state index >= 15 is 0 Å². The molecule has 10 heteroatoms. The van der Waals surface area contributed by atoms with Crippen LogP contribution in [-0.2, 0) is 6.18 Å². The van der Waals surface area contributed by atoms with Gasteiger partial charge < -0.3 is 25.6 Å². The third-order valence-corrected chi connectivity index (χ3v) is 5.54. The molecule has 0 unspecified atom stereocenters. The first kappa shape index (κ1) is 25.4. The van der Waals surface area contributed by atoms with Gasteiger partial charge in [-0.2, -0.15) is 13.2 Å². The number of amides is 3. The molecule has 0 atom stereocenters. The van der Waals surface area contributed by atoms with Crippen LogP contribution < -0.4 is 20.7 Å². The fourth-order valence-corrected chi connectivity index (χ4v) is 3.81. The minimum atomic E-state index is -4.51. The van der Waals surface area contributed by atoms with Gasteiger partial charge in [0.2, 0.25) is 0 Å². The van der Waals surface area contributed by atoms with Crippen LogP contribution in [0.1, 0.15) is 41.6 Å². The molecule has 2 aromatic carbocycles. The number of rotatable bonds is 8. The Morgan fingerprint density at radius 3 is 2.38 bits per heavy atom. The van der Waals surface area contributed by atoms with Crippen LogP contribution in [-0.4, -0.2) is 50.1 Å². The van der Waals surface area contributed by atoms with Crippen molar-refractivity contribution in [3.05, 3.63) is 53.6 Å². The highest BCUT2D eigenvalue weighted by molar-refractivity contribution is 6.01. The zero-order valence-corrected chi connectivity index (χ0v) is 19.0. The molecule has 0 saturated carbocycles. The lowest BCUT2D eigenvalue weighted by Crippen LogP contribution is -2.33. The van der Waals surface area contributed by atoms with Crippen molar-refractivity contribution in [1.82, 2.24) is 10.2 Å². The van der Waals surface area contributed by atoms with Crippen LogP contribution in [0.4, 0.5) is 29.3 Å². The van der Waals surface area contributed by atoms with Crippen molar-refractivity contribution in [2.45, 2.75) is 31.9 Å². The average molecular weight is 479 g/mol. The fraction of sp³-hybridized carbons (Fsp3) is 0.417. The van der Waals surface area contributed by atoms with E-state index in [1.807, 2.05) is 0 Å². The van der Waals surface area contributed by atoms with Gasteiger partial charge in [-0.25, -0.2) is 4.79 Å². The van der Waals surface area contributed by atoms with Crippen LogP contribution in [0.2, 0.25) is 0 Å². The predicted molar refractivity (Wildman–Crippen MR) is 124 cm³/mol. The Morgan fingerprint density at radius 2 is 1.71 bits per heavy atom. The lowest BCUT2D eigenvalue weighted by atomic mass is 10.1. The molecule has 1 fully saturated rings. The maximum absolute atomic E-state index is 12.8. The van der Waals surface area contributed by atoms with E-state index < -0.39 is 17.8 Å². The van der Waals surface area contributed by atoms with Gasteiger partial charge in [0.15, 0.2) is 0 Å². The van der Waals surface area contributed by atoms with Gasteiger partial charge >= 0.3 is 12.2 Å². The van der Waals surface area contributed by atoms with Crippen molar-refractivity contribution in [3.8, 4) is 5.75 Å². The molecule has 0 aromatic heterocycles. The Morgan fingerprint density at radius 1 is 1.00 bits per heavy atom. The van der Waals surface area contributed by atoms with Gasteiger partial charge in [0.25, 0.3) is 5.91 Å². The van der Waals surface area contributed by atoms with E-state index in [4.69, 9.17) is 4.74 Å². The van der Waals surface area contributed by atoms with E-state index in [0.717, 1.165) is 38.2 Å². The van der Waals surface area contributed by atoms with Crippen LogP contribution in [0.5, 0.6) is 5.75 Å². The number of nitrogens with one attached hydrogen (secondary N) is 3. The second kappa shape index (κ2) is 11.7. The van der Waals surface area contributed by atoms with Gasteiger partial charge in [0, 0.05) is 24.0 Å². The standard InChI is InChI=1S/C24H29F3N4O3/c1-34-21-16-19(30-23(33)29-18-8-5-7-17(15-18)24(25,26)27)9-10-20(21)22(32)28-11-6-14-31-12-3-2-4-13-31/h5,7-10,15-16H,2-4,6,11-14H2,1H3,(H,28,32)(H2,29,30,33). The number of carbonyl (C=O) groups is 2. The second-order valence-electron chi connectivity index (χ2n) is 8.08. The number of halogens is 3. The molecule has 34 heavy (non-hydrogen) atoms. The molecule has 7 nitrogen and oxygen atoms in total. The summed E-state index contributed by atoms with van der Waals surface area (Å²) >= 11 is 0. The molecule has 0 aliphatic carbocycles. The zero-order chi connectivity index (χ0) is 24.6. The molecule has 0 bridgehead atoms. The molecular weight excluding hydrogens is 449 g/mol. The first-order valence-electron chi connectivity index (χ1n) is 11.2. The number of urea groups is 1.